The first-order valence-electron chi connectivity index (χ1n) is 8.89. The Morgan fingerprint density at radius 1 is 0.923 bits per heavy atom. The molecule has 5 heterocycles. The molecular formula is C18H20N8. The molecule has 0 aliphatic carbocycles. The van der Waals surface area contributed by atoms with Crippen LogP contribution in [0.5, 0.6) is 0 Å². The van der Waals surface area contributed by atoms with Crippen LogP contribution in [0.1, 0.15) is 5.69 Å². The Balaban J connectivity index is 1.25. The highest BCUT2D eigenvalue weighted by molar-refractivity contribution is 5.44. The smallest absolute Gasteiger partial charge is 0.158 e. The molecular weight excluding hydrogens is 328 g/mol. The van der Waals surface area contributed by atoms with E-state index in [-0.39, 0.29) is 0 Å². The monoisotopic (exact) mass is 348 g/mol. The van der Waals surface area contributed by atoms with Crippen molar-refractivity contribution in [1.82, 2.24) is 34.6 Å². The second kappa shape index (κ2) is 6.45. The van der Waals surface area contributed by atoms with E-state index in [2.05, 4.69) is 34.8 Å². The summed E-state index contributed by atoms with van der Waals surface area (Å²) in [5, 5.41) is 4.25. The number of aromatic nitrogens is 6. The minimum atomic E-state index is 0.681. The van der Waals surface area contributed by atoms with Gasteiger partial charge in [-0.25, -0.2) is 24.6 Å². The van der Waals surface area contributed by atoms with E-state index in [0.29, 0.717) is 11.8 Å². The molecule has 26 heavy (non-hydrogen) atoms. The standard InChI is InChI=1S/C18H20N8/c1-3-23-26(5-1)18-6-17(21-13-22-18)25-9-14-7-24(8-15(14)10-25)11-16-2-4-19-12-20-16/h1-6,12-15H,7-11H2. The second-order valence-electron chi connectivity index (χ2n) is 7.00. The molecule has 8 nitrogen and oxygen atoms in total. The van der Waals surface area contributed by atoms with Crippen LogP contribution in [0.2, 0.25) is 0 Å². The summed E-state index contributed by atoms with van der Waals surface area (Å²) in [6.45, 7) is 5.22. The Morgan fingerprint density at radius 2 is 1.77 bits per heavy atom. The molecule has 0 bridgehead atoms. The highest BCUT2D eigenvalue weighted by Crippen LogP contribution is 2.33. The molecule has 2 fully saturated rings. The quantitative estimate of drug-likeness (QED) is 0.697. The number of hydrogen-bond donors (Lipinski definition) is 0. The Bertz CT molecular complexity index is 852. The molecule has 8 heteroatoms. The lowest BCUT2D eigenvalue weighted by atomic mass is 10.0. The highest BCUT2D eigenvalue weighted by atomic mass is 15.3. The van der Waals surface area contributed by atoms with Gasteiger partial charge >= 0.3 is 0 Å². The van der Waals surface area contributed by atoms with Crippen molar-refractivity contribution in [1.29, 1.82) is 0 Å². The molecule has 5 rings (SSSR count). The van der Waals surface area contributed by atoms with Crippen LogP contribution >= 0.6 is 0 Å². The predicted octanol–water partition coefficient (Wildman–Crippen LogP) is 1.02. The van der Waals surface area contributed by atoms with Crippen LogP contribution in [-0.4, -0.2) is 60.8 Å². The fourth-order valence-electron chi connectivity index (χ4n) is 4.09. The molecule has 0 radical (unpaired) electrons. The van der Waals surface area contributed by atoms with Gasteiger partial charge in [-0.15, -0.1) is 0 Å². The Morgan fingerprint density at radius 3 is 2.50 bits per heavy atom. The first-order valence-corrected chi connectivity index (χ1v) is 8.89. The van der Waals surface area contributed by atoms with Gasteiger partial charge in [-0.3, -0.25) is 4.90 Å². The number of likely N-dealkylation sites (tertiary alicyclic amines) is 1. The van der Waals surface area contributed by atoms with Gasteiger partial charge in [-0.1, -0.05) is 0 Å². The van der Waals surface area contributed by atoms with Crippen LogP contribution in [-0.2, 0) is 6.54 Å². The molecule has 0 saturated carbocycles. The highest BCUT2D eigenvalue weighted by Gasteiger charge is 2.40. The van der Waals surface area contributed by atoms with Gasteiger partial charge in [-0.2, -0.15) is 5.10 Å². The van der Waals surface area contributed by atoms with Crippen LogP contribution in [0.15, 0.2) is 49.4 Å². The SMILES string of the molecule is c1cnn(-c2cc(N3CC4CN(Cc5ccncn5)CC4C3)ncn2)c1. The number of anilines is 1. The maximum absolute atomic E-state index is 4.49. The zero-order chi connectivity index (χ0) is 17.3. The summed E-state index contributed by atoms with van der Waals surface area (Å²) in [7, 11) is 0. The summed E-state index contributed by atoms with van der Waals surface area (Å²) in [5.74, 6) is 3.16. The van der Waals surface area contributed by atoms with E-state index >= 15 is 0 Å². The third-order valence-electron chi connectivity index (χ3n) is 5.29. The van der Waals surface area contributed by atoms with Crippen molar-refractivity contribution in [2.24, 2.45) is 11.8 Å². The van der Waals surface area contributed by atoms with E-state index in [4.69, 9.17) is 0 Å². The first kappa shape index (κ1) is 15.4. The molecule has 2 unspecified atom stereocenters. The topological polar surface area (TPSA) is 75.9 Å². The number of nitrogens with zero attached hydrogens (tertiary/aromatic N) is 8. The summed E-state index contributed by atoms with van der Waals surface area (Å²) < 4.78 is 1.77. The largest absolute Gasteiger partial charge is 0.356 e. The maximum atomic E-state index is 4.49. The lowest BCUT2D eigenvalue weighted by Crippen LogP contribution is -2.29. The number of fused-ring (bicyclic) bond motifs is 1. The molecule has 2 aliphatic heterocycles. The summed E-state index contributed by atoms with van der Waals surface area (Å²) in [5.41, 5.74) is 1.09. The third kappa shape index (κ3) is 2.92. The summed E-state index contributed by atoms with van der Waals surface area (Å²) in [6, 6.07) is 5.92. The van der Waals surface area contributed by atoms with Crippen molar-refractivity contribution >= 4 is 5.82 Å². The molecule has 2 atom stereocenters. The van der Waals surface area contributed by atoms with Crippen molar-refractivity contribution < 1.29 is 0 Å². The van der Waals surface area contributed by atoms with Crippen molar-refractivity contribution in [3.8, 4) is 5.82 Å². The average molecular weight is 348 g/mol. The number of rotatable bonds is 4. The van der Waals surface area contributed by atoms with Crippen molar-refractivity contribution in [2.45, 2.75) is 6.54 Å². The third-order valence-corrected chi connectivity index (χ3v) is 5.29. The Kier molecular flexibility index (Phi) is 3.82. The van der Waals surface area contributed by atoms with Crippen LogP contribution in [0.3, 0.4) is 0 Å². The van der Waals surface area contributed by atoms with Crippen molar-refractivity contribution in [2.75, 3.05) is 31.1 Å². The normalized spacial score (nSPS) is 22.7. The van der Waals surface area contributed by atoms with Gasteiger partial charge in [0, 0.05) is 57.4 Å². The number of hydrogen-bond acceptors (Lipinski definition) is 7. The molecule has 132 valence electrons. The fourth-order valence-corrected chi connectivity index (χ4v) is 4.09. The molecule has 2 aliphatic rings. The van der Waals surface area contributed by atoms with Crippen LogP contribution in [0, 0.1) is 11.8 Å². The van der Waals surface area contributed by atoms with Gasteiger partial charge in [0.05, 0.1) is 5.69 Å². The van der Waals surface area contributed by atoms with E-state index in [0.717, 1.165) is 50.1 Å². The summed E-state index contributed by atoms with van der Waals surface area (Å²) >= 11 is 0. The molecule has 0 amide bonds. The van der Waals surface area contributed by atoms with Gasteiger partial charge in [0.25, 0.3) is 0 Å². The molecule has 3 aromatic heterocycles. The molecule has 0 aromatic carbocycles. The predicted molar refractivity (Wildman–Crippen MR) is 95.7 cm³/mol. The molecule has 0 N–H and O–H groups in total. The van der Waals surface area contributed by atoms with Crippen LogP contribution in [0.25, 0.3) is 5.82 Å². The van der Waals surface area contributed by atoms with Crippen LogP contribution < -0.4 is 4.90 Å². The second-order valence-corrected chi connectivity index (χ2v) is 7.00. The van der Waals surface area contributed by atoms with E-state index in [1.54, 1.807) is 23.5 Å². The maximum Gasteiger partial charge on any atom is 0.158 e. The zero-order valence-electron chi connectivity index (χ0n) is 14.4. The van der Waals surface area contributed by atoms with E-state index in [9.17, 15) is 0 Å². The van der Waals surface area contributed by atoms with Gasteiger partial charge < -0.3 is 4.90 Å². The van der Waals surface area contributed by atoms with Gasteiger partial charge in [-0.05, 0) is 24.0 Å². The summed E-state index contributed by atoms with van der Waals surface area (Å²) in [4.78, 5) is 22.0. The molecule has 0 spiro atoms. The van der Waals surface area contributed by atoms with Crippen molar-refractivity contribution in [3.63, 3.8) is 0 Å². The lowest BCUT2D eigenvalue weighted by Gasteiger charge is -2.22. The summed E-state index contributed by atoms with van der Waals surface area (Å²) in [6.07, 6.45) is 8.72. The lowest BCUT2D eigenvalue weighted by molar-refractivity contribution is 0.305. The fraction of sp³-hybridized carbons (Fsp3) is 0.389. The Hall–Kier alpha value is -2.87. The Labute approximate surface area is 151 Å². The molecule has 3 aromatic rings. The van der Waals surface area contributed by atoms with Crippen molar-refractivity contribution in [3.05, 3.63) is 55.1 Å². The molecule has 2 saturated heterocycles. The van der Waals surface area contributed by atoms with Gasteiger partial charge in [0.1, 0.15) is 18.5 Å². The minimum absolute atomic E-state index is 0.681. The minimum Gasteiger partial charge on any atom is -0.356 e. The van der Waals surface area contributed by atoms with E-state index < -0.39 is 0 Å². The van der Waals surface area contributed by atoms with E-state index in [1.807, 2.05) is 30.6 Å². The van der Waals surface area contributed by atoms with E-state index in [1.165, 1.54) is 0 Å². The van der Waals surface area contributed by atoms with Gasteiger partial charge in [0.2, 0.25) is 0 Å². The zero-order valence-corrected chi connectivity index (χ0v) is 14.4. The van der Waals surface area contributed by atoms with Crippen LogP contribution in [0.4, 0.5) is 5.82 Å². The first-order chi connectivity index (χ1) is 12.8. The van der Waals surface area contributed by atoms with Gasteiger partial charge in [0.15, 0.2) is 5.82 Å². The average Bonchev–Trinajstić information content (AvgIpc) is 3.39.